The maximum absolute atomic E-state index is 12.0. The van der Waals surface area contributed by atoms with Crippen LogP contribution in [0, 0.1) is 0 Å². The Balaban J connectivity index is 1.89. The molecule has 0 aliphatic carbocycles. The van der Waals surface area contributed by atoms with Gasteiger partial charge in [0.25, 0.3) is 0 Å². The summed E-state index contributed by atoms with van der Waals surface area (Å²) in [5.41, 5.74) is 0.700. The largest absolute Gasteiger partial charge is 0.378 e. The summed E-state index contributed by atoms with van der Waals surface area (Å²) in [6, 6.07) is 0.144. The molecule has 0 saturated carbocycles. The van der Waals surface area contributed by atoms with Crippen molar-refractivity contribution in [3.8, 4) is 0 Å². The Morgan fingerprint density at radius 2 is 2.59 bits per heavy atom. The molecule has 2 heterocycles. The zero-order valence-electron chi connectivity index (χ0n) is 10.2. The molecule has 1 fully saturated rings. The number of hydrogen-bond donors (Lipinski definition) is 1. The highest BCUT2D eigenvalue weighted by Crippen LogP contribution is 2.07. The van der Waals surface area contributed by atoms with E-state index in [4.69, 9.17) is 4.74 Å². The first-order valence-electron chi connectivity index (χ1n) is 6.16. The lowest BCUT2D eigenvalue weighted by molar-refractivity contribution is 0.0676. The number of carbonyl (C=O) groups excluding carboxylic acids is 1. The Morgan fingerprint density at radius 3 is 3.29 bits per heavy atom. The SMILES string of the molecule is CCCn1cc(C(=O)CC2COCCN2)cn1. The molecular formula is C12H19N3O2. The van der Waals surface area contributed by atoms with E-state index in [0.29, 0.717) is 18.6 Å². The topological polar surface area (TPSA) is 56.1 Å². The van der Waals surface area contributed by atoms with E-state index >= 15 is 0 Å². The molecule has 2 rings (SSSR count). The van der Waals surface area contributed by atoms with Crippen molar-refractivity contribution in [1.82, 2.24) is 15.1 Å². The van der Waals surface area contributed by atoms with E-state index in [1.807, 2.05) is 10.9 Å². The maximum atomic E-state index is 12.0. The molecule has 1 N–H and O–H groups in total. The molecule has 1 aromatic heterocycles. The van der Waals surface area contributed by atoms with E-state index in [-0.39, 0.29) is 11.8 Å². The molecule has 1 saturated heterocycles. The molecule has 0 spiro atoms. The van der Waals surface area contributed by atoms with Crippen LogP contribution in [-0.4, -0.2) is 41.4 Å². The highest BCUT2D eigenvalue weighted by Gasteiger charge is 2.18. The second-order valence-corrected chi connectivity index (χ2v) is 4.35. The molecular weight excluding hydrogens is 218 g/mol. The van der Waals surface area contributed by atoms with Gasteiger partial charge in [-0.2, -0.15) is 5.10 Å². The number of aromatic nitrogens is 2. The average molecular weight is 237 g/mol. The monoisotopic (exact) mass is 237 g/mol. The van der Waals surface area contributed by atoms with Crippen molar-refractivity contribution in [2.75, 3.05) is 19.8 Å². The Labute approximate surface area is 101 Å². The number of morpholine rings is 1. The fourth-order valence-corrected chi connectivity index (χ4v) is 1.95. The number of rotatable bonds is 5. The summed E-state index contributed by atoms with van der Waals surface area (Å²) in [7, 11) is 0. The van der Waals surface area contributed by atoms with Gasteiger partial charge in [0, 0.05) is 31.7 Å². The lowest BCUT2D eigenvalue weighted by Crippen LogP contribution is -2.42. The minimum absolute atomic E-state index is 0.135. The summed E-state index contributed by atoms with van der Waals surface area (Å²) >= 11 is 0. The van der Waals surface area contributed by atoms with Gasteiger partial charge in [-0.05, 0) is 6.42 Å². The first-order chi connectivity index (χ1) is 8.29. The third-order valence-corrected chi connectivity index (χ3v) is 2.84. The molecule has 0 aromatic carbocycles. The second-order valence-electron chi connectivity index (χ2n) is 4.35. The van der Waals surface area contributed by atoms with Crippen LogP contribution in [0.25, 0.3) is 0 Å². The molecule has 5 heteroatoms. The van der Waals surface area contributed by atoms with Crippen molar-refractivity contribution in [3.63, 3.8) is 0 Å². The van der Waals surface area contributed by atoms with Crippen molar-refractivity contribution in [3.05, 3.63) is 18.0 Å². The molecule has 0 amide bonds. The van der Waals surface area contributed by atoms with Gasteiger partial charge in [-0.15, -0.1) is 0 Å². The van der Waals surface area contributed by atoms with Crippen LogP contribution in [0.5, 0.6) is 0 Å². The van der Waals surface area contributed by atoms with Crippen LogP contribution in [0.4, 0.5) is 0 Å². The maximum Gasteiger partial charge on any atom is 0.167 e. The van der Waals surface area contributed by atoms with Crippen LogP contribution in [0.3, 0.4) is 0 Å². The Kier molecular flexibility index (Phi) is 4.28. The number of nitrogens with zero attached hydrogens (tertiary/aromatic N) is 2. The lowest BCUT2D eigenvalue weighted by Gasteiger charge is -2.22. The van der Waals surface area contributed by atoms with Crippen LogP contribution in [0.2, 0.25) is 0 Å². The number of aryl methyl sites for hydroxylation is 1. The second kappa shape index (κ2) is 5.93. The lowest BCUT2D eigenvalue weighted by atomic mass is 10.1. The van der Waals surface area contributed by atoms with Crippen LogP contribution in [-0.2, 0) is 11.3 Å². The summed E-state index contributed by atoms with van der Waals surface area (Å²) in [6.07, 6.45) is 4.99. The van der Waals surface area contributed by atoms with Gasteiger partial charge in [-0.1, -0.05) is 6.92 Å². The molecule has 1 unspecified atom stereocenters. The van der Waals surface area contributed by atoms with Crippen LogP contribution >= 0.6 is 0 Å². The fourth-order valence-electron chi connectivity index (χ4n) is 1.95. The van der Waals surface area contributed by atoms with Gasteiger partial charge >= 0.3 is 0 Å². The standard InChI is InChI=1S/C12H19N3O2/c1-2-4-15-8-10(7-14-15)12(16)6-11-9-17-5-3-13-11/h7-8,11,13H,2-6,9H2,1H3. The summed E-state index contributed by atoms with van der Waals surface area (Å²) in [4.78, 5) is 12.0. The molecule has 1 aliphatic rings. The molecule has 17 heavy (non-hydrogen) atoms. The van der Waals surface area contributed by atoms with Crippen molar-refractivity contribution in [2.45, 2.75) is 32.4 Å². The number of Topliss-reactive ketones (excluding diaryl/α,β-unsaturated/α-hetero) is 1. The van der Waals surface area contributed by atoms with E-state index < -0.39 is 0 Å². The zero-order valence-corrected chi connectivity index (χ0v) is 10.2. The quantitative estimate of drug-likeness (QED) is 0.771. The van der Waals surface area contributed by atoms with E-state index in [1.54, 1.807) is 6.20 Å². The fraction of sp³-hybridized carbons (Fsp3) is 0.667. The first kappa shape index (κ1) is 12.3. The Hall–Kier alpha value is -1.20. The summed E-state index contributed by atoms with van der Waals surface area (Å²) < 4.78 is 7.14. The highest BCUT2D eigenvalue weighted by molar-refractivity contribution is 5.96. The van der Waals surface area contributed by atoms with Gasteiger partial charge in [0.05, 0.1) is 25.0 Å². The van der Waals surface area contributed by atoms with Gasteiger partial charge in [0.2, 0.25) is 0 Å². The molecule has 1 atom stereocenters. The number of hydrogen-bond acceptors (Lipinski definition) is 4. The smallest absolute Gasteiger partial charge is 0.167 e. The van der Waals surface area contributed by atoms with Crippen molar-refractivity contribution < 1.29 is 9.53 Å². The summed E-state index contributed by atoms with van der Waals surface area (Å²) in [5, 5.41) is 7.44. The van der Waals surface area contributed by atoms with Crippen LogP contribution in [0.15, 0.2) is 12.4 Å². The van der Waals surface area contributed by atoms with Gasteiger partial charge in [0.15, 0.2) is 5.78 Å². The van der Waals surface area contributed by atoms with E-state index in [1.165, 1.54) is 0 Å². The van der Waals surface area contributed by atoms with Crippen LogP contribution < -0.4 is 5.32 Å². The summed E-state index contributed by atoms with van der Waals surface area (Å²) in [6.45, 7) is 5.13. The van der Waals surface area contributed by atoms with E-state index in [9.17, 15) is 4.79 Å². The normalized spacial score (nSPS) is 20.4. The van der Waals surface area contributed by atoms with E-state index in [2.05, 4.69) is 17.3 Å². The highest BCUT2D eigenvalue weighted by atomic mass is 16.5. The Morgan fingerprint density at radius 1 is 1.71 bits per heavy atom. The predicted molar refractivity (Wildman–Crippen MR) is 64.1 cm³/mol. The first-order valence-corrected chi connectivity index (χ1v) is 6.16. The minimum Gasteiger partial charge on any atom is -0.378 e. The molecule has 1 aliphatic heterocycles. The van der Waals surface area contributed by atoms with Crippen LogP contribution in [0.1, 0.15) is 30.1 Å². The van der Waals surface area contributed by atoms with Crippen molar-refractivity contribution in [2.24, 2.45) is 0 Å². The van der Waals surface area contributed by atoms with Gasteiger partial charge in [-0.3, -0.25) is 9.48 Å². The Bertz CT molecular complexity index is 370. The average Bonchev–Trinajstić information content (AvgIpc) is 2.79. The summed E-state index contributed by atoms with van der Waals surface area (Å²) in [5.74, 6) is 0.135. The third-order valence-electron chi connectivity index (χ3n) is 2.84. The number of nitrogens with one attached hydrogen (secondary N) is 1. The van der Waals surface area contributed by atoms with Gasteiger partial charge in [-0.25, -0.2) is 0 Å². The molecule has 1 aromatic rings. The molecule has 0 bridgehead atoms. The number of carbonyl (C=O) groups is 1. The number of ketones is 1. The van der Waals surface area contributed by atoms with Gasteiger partial charge in [0.1, 0.15) is 0 Å². The van der Waals surface area contributed by atoms with Crippen molar-refractivity contribution >= 4 is 5.78 Å². The van der Waals surface area contributed by atoms with Gasteiger partial charge < -0.3 is 10.1 Å². The molecule has 0 radical (unpaired) electrons. The molecule has 94 valence electrons. The van der Waals surface area contributed by atoms with Crippen molar-refractivity contribution in [1.29, 1.82) is 0 Å². The minimum atomic E-state index is 0.135. The van der Waals surface area contributed by atoms with E-state index in [0.717, 1.165) is 26.1 Å². The zero-order chi connectivity index (χ0) is 12.1. The molecule has 5 nitrogen and oxygen atoms in total. The number of ether oxygens (including phenoxy) is 1. The predicted octanol–water partition coefficient (Wildman–Crippen LogP) is 0.854. The third kappa shape index (κ3) is 3.38.